The fraction of sp³-hybridized carbons (Fsp3) is 0.333. The molecule has 1 aromatic heterocycles. The van der Waals surface area contributed by atoms with Crippen molar-refractivity contribution in [3.8, 4) is 5.75 Å². The highest BCUT2D eigenvalue weighted by atomic mass is 19.1. The Kier molecular flexibility index (Phi) is 3.51. The van der Waals surface area contributed by atoms with Gasteiger partial charge < -0.3 is 14.5 Å². The standard InChI is InChI=1S/C15H16FNO2/c16-12-1-5-14(6-2-12)19-10-11-7-8-18-15(11)9-17-13-3-4-13/h1-2,5-8,13,17H,3-4,9-10H2. The number of rotatable bonds is 6. The second-order valence-corrected chi connectivity index (χ2v) is 4.77. The topological polar surface area (TPSA) is 34.4 Å². The monoisotopic (exact) mass is 261 g/mol. The van der Waals surface area contributed by atoms with E-state index in [1.54, 1.807) is 18.4 Å². The second-order valence-electron chi connectivity index (χ2n) is 4.77. The Hall–Kier alpha value is -1.81. The van der Waals surface area contributed by atoms with Gasteiger partial charge in [0.1, 0.15) is 23.9 Å². The van der Waals surface area contributed by atoms with Crippen LogP contribution in [0.2, 0.25) is 0 Å². The Labute approximate surface area is 111 Å². The minimum absolute atomic E-state index is 0.259. The molecule has 1 aromatic carbocycles. The lowest BCUT2D eigenvalue weighted by molar-refractivity contribution is 0.301. The molecule has 100 valence electrons. The summed E-state index contributed by atoms with van der Waals surface area (Å²) in [7, 11) is 0. The molecule has 1 saturated carbocycles. The second kappa shape index (κ2) is 5.45. The van der Waals surface area contributed by atoms with Gasteiger partial charge in [-0.15, -0.1) is 0 Å². The van der Waals surface area contributed by atoms with Crippen LogP contribution in [0.1, 0.15) is 24.2 Å². The van der Waals surface area contributed by atoms with E-state index < -0.39 is 0 Å². The Balaban J connectivity index is 1.56. The lowest BCUT2D eigenvalue weighted by atomic mass is 10.2. The molecule has 0 aliphatic heterocycles. The van der Waals surface area contributed by atoms with Gasteiger partial charge in [-0.1, -0.05) is 0 Å². The third kappa shape index (κ3) is 3.35. The van der Waals surface area contributed by atoms with Crippen molar-refractivity contribution in [1.29, 1.82) is 0 Å². The minimum atomic E-state index is -0.259. The van der Waals surface area contributed by atoms with Crippen molar-refractivity contribution in [2.75, 3.05) is 0 Å². The van der Waals surface area contributed by atoms with Crippen LogP contribution in [0.3, 0.4) is 0 Å². The predicted octanol–water partition coefficient (Wildman–Crippen LogP) is 3.25. The van der Waals surface area contributed by atoms with Crippen molar-refractivity contribution in [3.63, 3.8) is 0 Å². The van der Waals surface area contributed by atoms with Gasteiger partial charge in [0.25, 0.3) is 0 Å². The maximum atomic E-state index is 12.8. The van der Waals surface area contributed by atoms with Crippen LogP contribution < -0.4 is 10.1 Å². The molecule has 0 atom stereocenters. The van der Waals surface area contributed by atoms with Gasteiger partial charge in [0, 0.05) is 11.6 Å². The highest BCUT2D eigenvalue weighted by molar-refractivity contribution is 5.23. The first-order valence-electron chi connectivity index (χ1n) is 6.48. The number of hydrogen-bond donors (Lipinski definition) is 1. The van der Waals surface area contributed by atoms with Crippen LogP contribution in [-0.2, 0) is 13.2 Å². The van der Waals surface area contributed by atoms with Crippen molar-refractivity contribution in [1.82, 2.24) is 5.32 Å². The molecule has 1 heterocycles. The summed E-state index contributed by atoms with van der Waals surface area (Å²) in [6.45, 7) is 1.17. The van der Waals surface area contributed by atoms with Gasteiger partial charge in [-0.3, -0.25) is 0 Å². The summed E-state index contributed by atoms with van der Waals surface area (Å²) < 4.78 is 23.8. The number of furan rings is 1. The molecule has 3 rings (SSSR count). The van der Waals surface area contributed by atoms with E-state index in [-0.39, 0.29) is 5.82 Å². The van der Waals surface area contributed by atoms with Crippen LogP contribution in [0.5, 0.6) is 5.75 Å². The fourth-order valence-corrected chi connectivity index (χ4v) is 1.87. The van der Waals surface area contributed by atoms with Gasteiger partial charge in [0.15, 0.2) is 0 Å². The summed E-state index contributed by atoms with van der Waals surface area (Å²) in [6.07, 6.45) is 4.18. The maximum Gasteiger partial charge on any atom is 0.124 e. The van der Waals surface area contributed by atoms with Crippen LogP contribution in [-0.4, -0.2) is 6.04 Å². The molecule has 0 radical (unpaired) electrons. The van der Waals surface area contributed by atoms with Crippen LogP contribution in [0.25, 0.3) is 0 Å². The average molecular weight is 261 g/mol. The van der Waals surface area contributed by atoms with Gasteiger partial charge in [-0.05, 0) is 43.2 Å². The fourth-order valence-electron chi connectivity index (χ4n) is 1.87. The highest BCUT2D eigenvalue weighted by Crippen LogP contribution is 2.21. The number of ether oxygens (including phenoxy) is 1. The molecular weight excluding hydrogens is 245 g/mol. The predicted molar refractivity (Wildman–Crippen MR) is 69.3 cm³/mol. The number of nitrogens with one attached hydrogen (secondary N) is 1. The van der Waals surface area contributed by atoms with Gasteiger partial charge >= 0.3 is 0 Å². The van der Waals surface area contributed by atoms with Crippen LogP contribution >= 0.6 is 0 Å². The van der Waals surface area contributed by atoms with Crippen molar-refractivity contribution >= 4 is 0 Å². The normalized spacial score (nSPS) is 14.6. The summed E-state index contributed by atoms with van der Waals surface area (Å²) in [5.74, 6) is 1.31. The number of benzene rings is 1. The lowest BCUT2D eigenvalue weighted by Crippen LogP contribution is -2.16. The third-order valence-electron chi connectivity index (χ3n) is 3.17. The Morgan fingerprint density at radius 1 is 1.21 bits per heavy atom. The van der Waals surface area contributed by atoms with E-state index >= 15 is 0 Å². The molecule has 0 bridgehead atoms. The largest absolute Gasteiger partial charge is 0.489 e. The van der Waals surface area contributed by atoms with Crippen molar-refractivity contribution in [2.24, 2.45) is 0 Å². The average Bonchev–Trinajstić information content (AvgIpc) is 3.15. The molecule has 1 N–H and O–H groups in total. The summed E-state index contributed by atoms with van der Waals surface area (Å²) in [6, 6.07) is 8.58. The van der Waals surface area contributed by atoms with E-state index in [1.807, 2.05) is 6.07 Å². The lowest BCUT2D eigenvalue weighted by Gasteiger charge is -2.07. The molecule has 0 saturated heterocycles. The Morgan fingerprint density at radius 2 is 2.00 bits per heavy atom. The highest BCUT2D eigenvalue weighted by Gasteiger charge is 2.21. The first kappa shape index (κ1) is 12.2. The molecule has 3 nitrogen and oxygen atoms in total. The molecule has 2 aromatic rings. The molecule has 4 heteroatoms. The molecule has 1 aliphatic rings. The summed E-state index contributed by atoms with van der Waals surface area (Å²) in [5, 5.41) is 3.41. The molecule has 1 aliphatic carbocycles. The van der Waals surface area contributed by atoms with E-state index in [1.165, 1.54) is 25.0 Å². The molecule has 1 fully saturated rings. The van der Waals surface area contributed by atoms with Gasteiger partial charge in [0.05, 0.1) is 12.8 Å². The smallest absolute Gasteiger partial charge is 0.124 e. The molecular formula is C15H16FNO2. The minimum Gasteiger partial charge on any atom is -0.489 e. The number of hydrogen-bond acceptors (Lipinski definition) is 3. The van der Waals surface area contributed by atoms with E-state index in [4.69, 9.17) is 9.15 Å². The van der Waals surface area contributed by atoms with Crippen molar-refractivity contribution < 1.29 is 13.5 Å². The van der Waals surface area contributed by atoms with Crippen molar-refractivity contribution in [3.05, 3.63) is 53.7 Å². The first-order valence-corrected chi connectivity index (χ1v) is 6.48. The first-order chi connectivity index (χ1) is 9.31. The van der Waals surface area contributed by atoms with Gasteiger partial charge in [-0.2, -0.15) is 0 Å². The molecule has 0 spiro atoms. The summed E-state index contributed by atoms with van der Waals surface area (Å²) in [5.41, 5.74) is 1.03. The zero-order valence-electron chi connectivity index (χ0n) is 10.6. The van der Waals surface area contributed by atoms with E-state index in [0.717, 1.165) is 17.9 Å². The Bertz CT molecular complexity index is 531. The van der Waals surface area contributed by atoms with Crippen LogP contribution in [0, 0.1) is 5.82 Å². The van der Waals surface area contributed by atoms with Crippen LogP contribution in [0.4, 0.5) is 4.39 Å². The molecule has 19 heavy (non-hydrogen) atoms. The zero-order valence-corrected chi connectivity index (χ0v) is 10.6. The zero-order chi connectivity index (χ0) is 13.1. The molecule has 0 amide bonds. The number of halogens is 1. The third-order valence-corrected chi connectivity index (χ3v) is 3.17. The van der Waals surface area contributed by atoms with Gasteiger partial charge in [0.2, 0.25) is 0 Å². The maximum absolute atomic E-state index is 12.8. The van der Waals surface area contributed by atoms with Gasteiger partial charge in [-0.25, -0.2) is 4.39 Å². The Morgan fingerprint density at radius 3 is 2.74 bits per heavy atom. The SMILES string of the molecule is Fc1ccc(OCc2ccoc2CNC2CC2)cc1. The molecule has 0 unspecified atom stereocenters. The van der Waals surface area contributed by atoms with E-state index in [2.05, 4.69) is 5.32 Å². The van der Waals surface area contributed by atoms with E-state index in [0.29, 0.717) is 18.4 Å². The van der Waals surface area contributed by atoms with Crippen LogP contribution in [0.15, 0.2) is 41.0 Å². The van der Waals surface area contributed by atoms with Crippen molar-refractivity contribution in [2.45, 2.75) is 32.0 Å². The quantitative estimate of drug-likeness (QED) is 0.866. The summed E-state index contributed by atoms with van der Waals surface area (Å²) in [4.78, 5) is 0. The van der Waals surface area contributed by atoms with E-state index in [9.17, 15) is 4.39 Å². The summed E-state index contributed by atoms with van der Waals surface area (Å²) >= 11 is 0.